The van der Waals surface area contributed by atoms with E-state index in [1.165, 1.54) is 12.1 Å². The molecule has 136 valence electrons. The molecular weight excluding hydrogens is 327 g/mol. The lowest BCUT2D eigenvalue weighted by Gasteiger charge is -2.01. The van der Waals surface area contributed by atoms with Crippen LogP contribution in [0.2, 0.25) is 5.02 Å². The summed E-state index contributed by atoms with van der Waals surface area (Å²) in [5, 5.41) is 9.42. The number of rotatable bonds is 2. The number of phenols is 1. The van der Waals surface area contributed by atoms with Gasteiger partial charge in [-0.25, -0.2) is 4.39 Å². The van der Waals surface area contributed by atoms with Crippen LogP contribution in [0.3, 0.4) is 0 Å². The van der Waals surface area contributed by atoms with Crippen LogP contribution in [-0.4, -0.2) is 12.2 Å². The van der Waals surface area contributed by atoms with Crippen LogP contribution in [0.5, 0.6) is 11.5 Å². The Bertz CT molecular complexity index is 572. The molecule has 2 nitrogen and oxygen atoms in total. The molecule has 0 aliphatic carbocycles. The van der Waals surface area contributed by atoms with Gasteiger partial charge in [-0.15, -0.1) is 0 Å². The maximum Gasteiger partial charge on any atom is 0.165 e. The van der Waals surface area contributed by atoms with Crippen molar-refractivity contribution in [2.45, 2.75) is 48.0 Å². The third-order valence-electron chi connectivity index (χ3n) is 2.73. The van der Waals surface area contributed by atoms with Gasteiger partial charge in [-0.1, -0.05) is 58.4 Å². The number of aromatic hydroxyl groups is 1. The first kappa shape index (κ1) is 24.5. The molecule has 0 heterocycles. The van der Waals surface area contributed by atoms with E-state index < -0.39 is 5.82 Å². The highest BCUT2D eigenvalue weighted by Gasteiger charge is 1.98. The summed E-state index contributed by atoms with van der Waals surface area (Å²) in [6.45, 7) is 11.9. The topological polar surface area (TPSA) is 29.5 Å². The zero-order valence-electron chi connectivity index (χ0n) is 15.8. The van der Waals surface area contributed by atoms with Gasteiger partial charge in [0.05, 0.1) is 12.1 Å². The molecule has 0 aliphatic rings. The first-order valence-electron chi connectivity index (χ1n) is 8.25. The molecule has 0 atom stereocenters. The Hall–Kier alpha value is -1.74. The van der Waals surface area contributed by atoms with E-state index in [-0.39, 0.29) is 5.75 Å². The predicted octanol–water partition coefficient (Wildman–Crippen LogP) is 6.80. The Morgan fingerprint density at radius 3 is 2.04 bits per heavy atom. The largest absolute Gasteiger partial charge is 0.505 e. The van der Waals surface area contributed by atoms with Crippen LogP contribution < -0.4 is 4.74 Å². The number of benzene rings is 2. The zero-order chi connectivity index (χ0) is 19.1. The number of hydrogen-bond donors (Lipinski definition) is 1. The van der Waals surface area contributed by atoms with Crippen molar-refractivity contribution < 1.29 is 14.2 Å². The molecule has 0 aliphatic heterocycles. The Labute approximate surface area is 151 Å². The summed E-state index contributed by atoms with van der Waals surface area (Å²) in [6.07, 6.45) is 0.789. The van der Waals surface area contributed by atoms with E-state index in [1.807, 2.05) is 59.7 Å². The van der Waals surface area contributed by atoms with E-state index in [0.717, 1.165) is 23.3 Å². The molecule has 24 heavy (non-hydrogen) atoms. The first-order valence-corrected chi connectivity index (χ1v) is 8.63. The molecule has 0 unspecified atom stereocenters. The number of phenolic OH excluding ortho intramolecular Hbond substituents is 1. The summed E-state index contributed by atoms with van der Waals surface area (Å²) >= 11 is 5.77. The van der Waals surface area contributed by atoms with Crippen molar-refractivity contribution in [3.63, 3.8) is 0 Å². The SMILES string of the molecule is CC.CC.CCc1ccc(O)c(F)c1.COc1cc(C)ccc1Cl. The predicted molar refractivity (Wildman–Crippen MR) is 103 cm³/mol. The molecule has 0 aromatic heterocycles. The fraction of sp³-hybridized carbons (Fsp3) is 0.400. The molecule has 0 amide bonds. The maximum absolute atomic E-state index is 12.5. The van der Waals surface area contributed by atoms with Crippen molar-refractivity contribution in [1.29, 1.82) is 0 Å². The number of methoxy groups -OCH3 is 1. The summed E-state index contributed by atoms with van der Waals surface area (Å²) in [4.78, 5) is 0. The molecule has 4 heteroatoms. The van der Waals surface area contributed by atoms with Crippen molar-refractivity contribution in [2.24, 2.45) is 0 Å². The van der Waals surface area contributed by atoms with E-state index in [0.29, 0.717) is 5.02 Å². The van der Waals surface area contributed by atoms with E-state index in [4.69, 9.17) is 21.4 Å². The van der Waals surface area contributed by atoms with Crippen LogP contribution in [0, 0.1) is 12.7 Å². The Kier molecular flexibility index (Phi) is 15.1. The fourth-order valence-electron chi connectivity index (χ4n) is 1.54. The average molecular weight is 357 g/mol. The number of aryl methyl sites for hydroxylation is 2. The van der Waals surface area contributed by atoms with E-state index in [9.17, 15) is 4.39 Å². The van der Waals surface area contributed by atoms with Gasteiger partial charge < -0.3 is 9.84 Å². The smallest absolute Gasteiger partial charge is 0.165 e. The molecule has 0 fully saturated rings. The number of halogens is 2. The second-order valence-corrected chi connectivity index (χ2v) is 4.68. The Morgan fingerprint density at radius 2 is 1.62 bits per heavy atom. The lowest BCUT2D eigenvalue weighted by atomic mass is 10.2. The van der Waals surface area contributed by atoms with Crippen molar-refractivity contribution in [1.82, 2.24) is 0 Å². The molecule has 0 bridgehead atoms. The molecule has 2 aromatic rings. The second-order valence-electron chi connectivity index (χ2n) is 4.28. The lowest BCUT2D eigenvalue weighted by Crippen LogP contribution is -1.83. The van der Waals surface area contributed by atoms with Gasteiger partial charge in [0.2, 0.25) is 0 Å². The summed E-state index contributed by atoms with van der Waals surface area (Å²) in [6, 6.07) is 10.1. The highest BCUT2D eigenvalue weighted by atomic mass is 35.5. The number of ether oxygens (including phenoxy) is 1. The summed E-state index contributed by atoms with van der Waals surface area (Å²) < 4.78 is 17.5. The first-order chi connectivity index (χ1) is 11.5. The molecule has 2 aromatic carbocycles. The van der Waals surface area contributed by atoms with Gasteiger partial charge in [-0.3, -0.25) is 0 Å². The molecule has 1 N–H and O–H groups in total. The molecule has 0 saturated carbocycles. The Morgan fingerprint density at radius 1 is 1.04 bits per heavy atom. The van der Waals surface area contributed by atoms with Crippen LogP contribution in [0.15, 0.2) is 36.4 Å². The minimum atomic E-state index is -0.542. The van der Waals surface area contributed by atoms with Crippen molar-refractivity contribution >= 4 is 11.6 Å². The standard InChI is InChI=1S/C8H9ClO.C8H9FO.2C2H6/c1-6-3-4-7(9)8(5-6)10-2;1-2-6-3-4-8(10)7(9)5-6;2*1-2/h3-5H,1-2H3;3-5,10H,2H2,1H3;2*1-2H3. The quantitative estimate of drug-likeness (QED) is 0.640. The van der Waals surface area contributed by atoms with Crippen molar-refractivity contribution in [3.05, 3.63) is 58.4 Å². The molecular formula is C20H30ClFO2. The molecule has 2 rings (SSSR count). The average Bonchev–Trinajstić information content (AvgIpc) is 2.63. The third-order valence-corrected chi connectivity index (χ3v) is 3.04. The highest BCUT2D eigenvalue weighted by Crippen LogP contribution is 2.24. The van der Waals surface area contributed by atoms with Crippen LogP contribution in [0.4, 0.5) is 4.39 Å². The molecule has 0 spiro atoms. The van der Waals surface area contributed by atoms with Gasteiger partial charge in [0.1, 0.15) is 5.75 Å². The van der Waals surface area contributed by atoms with Crippen LogP contribution in [0.25, 0.3) is 0 Å². The van der Waals surface area contributed by atoms with Crippen molar-refractivity contribution in [2.75, 3.05) is 7.11 Å². The van der Waals surface area contributed by atoms with Gasteiger partial charge in [0.15, 0.2) is 11.6 Å². The van der Waals surface area contributed by atoms with Gasteiger partial charge in [-0.2, -0.15) is 0 Å². The summed E-state index contributed by atoms with van der Waals surface area (Å²) in [5.74, 6) is -0.0850. The molecule has 0 saturated heterocycles. The normalized spacial score (nSPS) is 8.54. The number of hydrogen-bond acceptors (Lipinski definition) is 2. The van der Waals surface area contributed by atoms with Crippen LogP contribution >= 0.6 is 11.6 Å². The van der Waals surface area contributed by atoms with Gasteiger partial charge in [0.25, 0.3) is 0 Å². The van der Waals surface area contributed by atoms with Gasteiger partial charge in [0, 0.05) is 0 Å². The summed E-state index contributed by atoms with van der Waals surface area (Å²) in [5.41, 5.74) is 2.05. The fourth-order valence-corrected chi connectivity index (χ4v) is 1.73. The van der Waals surface area contributed by atoms with Crippen LogP contribution in [-0.2, 0) is 6.42 Å². The zero-order valence-corrected chi connectivity index (χ0v) is 16.5. The lowest BCUT2D eigenvalue weighted by molar-refractivity contribution is 0.414. The third kappa shape index (κ3) is 9.41. The van der Waals surface area contributed by atoms with Gasteiger partial charge in [-0.05, 0) is 48.7 Å². The van der Waals surface area contributed by atoms with Crippen LogP contribution in [0.1, 0.15) is 45.7 Å². The van der Waals surface area contributed by atoms with E-state index >= 15 is 0 Å². The maximum atomic E-state index is 12.5. The Balaban J connectivity index is 0. The minimum absolute atomic E-state index is 0.280. The molecule has 0 radical (unpaired) electrons. The van der Waals surface area contributed by atoms with Crippen molar-refractivity contribution in [3.8, 4) is 11.5 Å². The van der Waals surface area contributed by atoms with Gasteiger partial charge >= 0.3 is 0 Å². The monoisotopic (exact) mass is 356 g/mol. The van der Waals surface area contributed by atoms with E-state index in [2.05, 4.69) is 0 Å². The minimum Gasteiger partial charge on any atom is -0.505 e. The van der Waals surface area contributed by atoms with E-state index in [1.54, 1.807) is 13.2 Å². The summed E-state index contributed by atoms with van der Waals surface area (Å²) in [7, 11) is 1.61. The highest BCUT2D eigenvalue weighted by molar-refractivity contribution is 6.32. The second kappa shape index (κ2) is 14.8.